The molecule has 44 valence electrons. The highest BCUT2D eigenvalue weighted by Crippen LogP contribution is 1.57. The van der Waals surface area contributed by atoms with E-state index in [1.54, 1.807) is 0 Å². The summed E-state index contributed by atoms with van der Waals surface area (Å²) in [5.41, 5.74) is 0. The molecule has 0 aliphatic rings. The molecule has 0 fully saturated rings. The highest BCUT2D eigenvalue weighted by molar-refractivity contribution is 4.43. The van der Waals surface area contributed by atoms with Gasteiger partial charge >= 0.3 is 0 Å². The minimum absolute atomic E-state index is 0. The molecule has 0 aromatic heterocycles. The van der Waals surface area contributed by atoms with Gasteiger partial charge in [0.2, 0.25) is 6.20 Å². The maximum Gasteiger partial charge on any atom is 0.227 e. The molecule has 0 spiro atoms. The third-order valence-corrected chi connectivity index (χ3v) is 0.149. The highest BCUT2D eigenvalue weighted by atomic mass is 16.6. The van der Waals surface area contributed by atoms with Gasteiger partial charge in [-0.15, -0.1) is 0 Å². The summed E-state index contributed by atoms with van der Waals surface area (Å²) in [5.74, 6) is 0. The van der Waals surface area contributed by atoms with Gasteiger partial charge in [-0.05, 0) is 6.58 Å². The minimum atomic E-state index is -0.611. The van der Waals surface area contributed by atoms with Crippen LogP contribution in [0.1, 0.15) is 0 Å². The summed E-state index contributed by atoms with van der Waals surface area (Å²) in [6.45, 7) is 2.86. The number of hydrogen-bond donors (Lipinski definition) is 2. The Morgan fingerprint density at radius 1 is 1.57 bits per heavy atom. The number of rotatable bonds is 1. The summed E-state index contributed by atoms with van der Waals surface area (Å²) in [4.78, 5) is 8.44. The number of nitrogens with zero attached hydrogens (tertiary/aromatic N) is 1. The molecule has 0 rings (SSSR count). The molecule has 0 aromatic rings. The van der Waals surface area contributed by atoms with Crippen LogP contribution in [0.15, 0.2) is 12.8 Å². The van der Waals surface area contributed by atoms with Gasteiger partial charge in [0.05, 0.1) is 4.92 Å². The molecule has 0 saturated carbocycles. The molecule has 0 atom stereocenters. The van der Waals surface area contributed by atoms with Crippen molar-refractivity contribution in [3.63, 3.8) is 0 Å². The first-order valence-corrected chi connectivity index (χ1v) is 1.03. The summed E-state index contributed by atoms with van der Waals surface area (Å²) < 4.78 is 0. The van der Waals surface area contributed by atoms with Gasteiger partial charge in [-0.2, -0.15) is 0 Å². The van der Waals surface area contributed by atoms with E-state index in [0.29, 0.717) is 6.20 Å². The average Bonchev–Trinajstić information content (AvgIpc) is 1.38. The molecule has 7 heavy (non-hydrogen) atoms. The van der Waals surface area contributed by atoms with E-state index < -0.39 is 4.92 Å². The van der Waals surface area contributed by atoms with Gasteiger partial charge in [0.15, 0.2) is 0 Å². The summed E-state index contributed by atoms with van der Waals surface area (Å²) >= 11 is 0. The number of hydrogen-bond acceptors (Lipinski definition) is 4. The smallest absolute Gasteiger partial charge is 0.227 e. The van der Waals surface area contributed by atoms with Gasteiger partial charge in [0, 0.05) is 0 Å². The van der Waals surface area contributed by atoms with Gasteiger partial charge in [-0.3, -0.25) is 10.1 Å². The Hall–Kier alpha value is -0.940. The van der Waals surface area contributed by atoms with Crippen LogP contribution in [0.25, 0.3) is 0 Å². The summed E-state index contributed by atoms with van der Waals surface area (Å²) in [6, 6.07) is 0. The Morgan fingerprint density at radius 2 is 1.71 bits per heavy atom. The Morgan fingerprint density at radius 3 is 1.71 bits per heavy atom. The van der Waals surface area contributed by atoms with Crippen molar-refractivity contribution in [3.05, 3.63) is 22.9 Å². The molecule has 0 aliphatic carbocycles. The average molecular weight is 107 g/mol. The van der Waals surface area contributed by atoms with E-state index in [1.807, 2.05) is 0 Å². The molecular formula is C2H9N3O2. The first kappa shape index (κ1) is 16.6. The Labute approximate surface area is 41.3 Å². The second-order valence-corrected chi connectivity index (χ2v) is 0.468. The van der Waals surface area contributed by atoms with Crippen LogP contribution >= 0.6 is 0 Å². The Balaban J connectivity index is -0.0000000800. The van der Waals surface area contributed by atoms with E-state index in [2.05, 4.69) is 6.58 Å². The zero-order valence-electron chi connectivity index (χ0n) is 3.96. The zero-order chi connectivity index (χ0) is 4.28. The first-order valence-electron chi connectivity index (χ1n) is 1.03. The fraction of sp³-hybridized carbons (Fsp3) is 0. The maximum atomic E-state index is 9.06. The SMILES string of the molecule is C=C[N+](=O)[O-].N.N. The van der Waals surface area contributed by atoms with Gasteiger partial charge in [-0.25, -0.2) is 0 Å². The molecule has 0 radical (unpaired) electrons. The van der Waals surface area contributed by atoms with Crippen molar-refractivity contribution in [2.24, 2.45) is 0 Å². The van der Waals surface area contributed by atoms with Crippen molar-refractivity contribution >= 4 is 0 Å². The molecule has 0 amide bonds. The van der Waals surface area contributed by atoms with Crippen molar-refractivity contribution < 1.29 is 4.92 Å². The summed E-state index contributed by atoms with van der Waals surface area (Å²) in [5, 5.41) is 9.06. The van der Waals surface area contributed by atoms with E-state index in [4.69, 9.17) is 10.1 Å². The predicted molar refractivity (Wildman–Crippen MR) is 27.2 cm³/mol. The Kier molecular flexibility index (Phi) is 21.1. The monoisotopic (exact) mass is 107 g/mol. The maximum absolute atomic E-state index is 9.06. The largest absolute Gasteiger partial charge is 0.344 e. The predicted octanol–water partition coefficient (Wildman–Crippen LogP) is 0.731. The van der Waals surface area contributed by atoms with Crippen LogP contribution in [0.2, 0.25) is 0 Å². The van der Waals surface area contributed by atoms with Gasteiger partial charge < -0.3 is 12.3 Å². The van der Waals surface area contributed by atoms with Crippen LogP contribution in [0, 0.1) is 10.1 Å². The van der Waals surface area contributed by atoms with Gasteiger partial charge in [-0.1, -0.05) is 0 Å². The van der Waals surface area contributed by atoms with Crippen LogP contribution in [0.5, 0.6) is 0 Å². The van der Waals surface area contributed by atoms with Crippen molar-refractivity contribution in [2.45, 2.75) is 0 Å². The van der Waals surface area contributed by atoms with Crippen molar-refractivity contribution in [3.8, 4) is 0 Å². The topological polar surface area (TPSA) is 113 Å². The minimum Gasteiger partial charge on any atom is -0.344 e. The molecule has 0 aromatic carbocycles. The lowest BCUT2D eigenvalue weighted by Crippen LogP contribution is -1.77. The lowest BCUT2D eigenvalue weighted by atomic mass is 11.1. The second kappa shape index (κ2) is 8.91. The van der Waals surface area contributed by atoms with Gasteiger partial charge in [0.25, 0.3) is 0 Å². The second-order valence-electron chi connectivity index (χ2n) is 0.468. The molecule has 0 heterocycles. The fourth-order valence-corrected chi connectivity index (χ4v) is 0. The van der Waals surface area contributed by atoms with E-state index in [1.165, 1.54) is 0 Å². The molecule has 5 heteroatoms. The number of nitro groups is 1. The van der Waals surface area contributed by atoms with Gasteiger partial charge in [0.1, 0.15) is 0 Å². The standard InChI is InChI=1S/C2H3NO2.2H3N/c1-2-3(4)5;;/h2H,1H2;2*1H3. The normalized spacial score (nSPS) is 4.57. The van der Waals surface area contributed by atoms with Crippen molar-refractivity contribution in [2.75, 3.05) is 0 Å². The third-order valence-electron chi connectivity index (χ3n) is 0.149. The molecule has 0 bridgehead atoms. The molecule has 0 unspecified atom stereocenters. The van der Waals surface area contributed by atoms with Crippen LogP contribution in [-0.4, -0.2) is 4.92 Å². The van der Waals surface area contributed by atoms with E-state index in [9.17, 15) is 0 Å². The molecule has 5 nitrogen and oxygen atoms in total. The third kappa shape index (κ3) is 42.2. The first-order chi connectivity index (χ1) is 2.27. The fourth-order valence-electron chi connectivity index (χ4n) is 0. The molecular weight excluding hydrogens is 98.0 g/mol. The summed E-state index contributed by atoms with van der Waals surface area (Å²) in [7, 11) is 0. The Bertz CT molecular complexity index is 62.0. The van der Waals surface area contributed by atoms with Crippen LogP contribution < -0.4 is 12.3 Å². The van der Waals surface area contributed by atoms with Crippen molar-refractivity contribution in [1.29, 1.82) is 0 Å². The summed E-state index contributed by atoms with van der Waals surface area (Å²) in [6.07, 6.45) is 0.639. The zero-order valence-corrected chi connectivity index (χ0v) is 3.96. The van der Waals surface area contributed by atoms with E-state index in [0.717, 1.165) is 0 Å². The molecule has 0 saturated heterocycles. The molecule has 0 aliphatic heterocycles. The van der Waals surface area contributed by atoms with Crippen LogP contribution in [0.3, 0.4) is 0 Å². The van der Waals surface area contributed by atoms with Crippen molar-refractivity contribution in [1.82, 2.24) is 12.3 Å². The quantitative estimate of drug-likeness (QED) is 0.379. The molecule has 6 N–H and O–H groups in total. The van der Waals surface area contributed by atoms with E-state index >= 15 is 0 Å². The van der Waals surface area contributed by atoms with E-state index in [-0.39, 0.29) is 12.3 Å². The van der Waals surface area contributed by atoms with Crippen LogP contribution in [-0.2, 0) is 0 Å². The van der Waals surface area contributed by atoms with Crippen LogP contribution in [0.4, 0.5) is 0 Å². The lowest BCUT2D eigenvalue weighted by molar-refractivity contribution is -0.401. The lowest BCUT2D eigenvalue weighted by Gasteiger charge is -1.65. The highest BCUT2D eigenvalue weighted by Gasteiger charge is 1.69.